The Bertz CT molecular complexity index is 1040. The van der Waals surface area contributed by atoms with Crippen LogP contribution < -0.4 is 16.0 Å². The molecule has 3 N–H and O–H groups in total. The Kier molecular flexibility index (Phi) is 7.07. The average Bonchev–Trinajstić information content (AvgIpc) is 2.84. The summed E-state index contributed by atoms with van der Waals surface area (Å²) in [7, 11) is 0. The van der Waals surface area contributed by atoms with Crippen molar-refractivity contribution in [3.63, 3.8) is 0 Å². The number of hydrogen-bond acceptors (Lipinski definition) is 5. The summed E-state index contributed by atoms with van der Waals surface area (Å²) >= 11 is 1.51. The third-order valence-electron chi connectivity index (χ3n) is 5.50. The van der Waals surface area contributed by atoms with Gasteiger partial charge in [0.25, 0.3) is 0 Å². The van der Waals surface area contributed by atoms with Gasteiger partial charge in [-0.3, -0.25) is 9.59 Å². The van der Waals surface area contributed by atoms with E-state index in [-0.39, 0.29) is 17.7 Å². The summed E-state index contributed by atoms with van der Waals surface area (Å²) in [6.45, 7) is 1.42. The van der Waals surface area contributed by atoms with Crippen molar-refractivity contribution >= 4 is 35.1 Å². The van der Waals surface area contributed by atoms with Crippen molar-refractivity contribution in [3.8, 4) is 0 Å². The van der Waals surface area contributed by atoms with E-state index in [0.29, 0.717) is 12.2 Å². The zero-order valence-corrected chi connectivity index (χ0v) is 18.5. The number of amides is 2. The minimum absolute atomic E-state index is 0.105. The van der Waals surface area contributed by atoms with Crippen LogP contribution in [-0.2, 0) is 9.59 Å². The first kappa shape index (κ1) is 21.9. The molecule has 1 aliphatic rings. The van der Waals surface area contributed by atoms with Gasteiger partial charge < -0.3 is 16.0 Å². The number of rotatable bonds is 7. The van der Waals surface area contributed by atoms with E-state index in [9.17, 15) is 9.59 Å². The number of primary amides is 1. The normalized spacial score (nSPS) is 16.9. The van der Waals surface area contributed by atoms with E-state index in [1.807, 2.05) is 72.8 Å². The minimum Gasteiger partial charge on any atom is -0.369 e. The predicted octanol–water partition coefficient (Wildman–Crippen LogP) is 4.26. The molecule has 2 unspecified atom stereocenters. The highest BCUT2D eigenvalue weighted by Gasteiger charge is 2.25. The van der Waals surface area contributed by atoms with Crippen molar-refractivity contribution in [3.05, 3.63) is 84.6 Å². The third-order valence-corrected chi connectivity index (χ3v) is 6.77. The smallest absolute Gasteiger partial charge is 0.242 e. The van der Waals surface area contributed by atoms with Crippen molar-refractivity contribution in [2.45, 2.75) is 23.0 Å². The third kappa shape index (κ3) is 5.48. The molecule has 1 aliphatic heterocycles. The van der Waals surface area contributed by atoms with Gasteiger partial charge >= 0.3 is 0 Å². The quantitative estimate of drug-likeness (QED) is 0.530. The summed E-state index contributed by atoms with van der Waals surface area (Å²) in [5.41, 5.74) is 7.06. The molecule has 1 aromatic heterocycles. The molecule has 3 aromatic rings. The van der Waals surface area contributed by atoms with Crippen molar-refractivity contribution in [1.82, 2.24) is 4.98 Å². The fourth-order valence-electron chi connectivity index (χ4n) is 3.81. The Hall–Kier alpha value is -3.32. The highest BCUT2D eigenvalue weighted by Crippen LogP contribution is 2.36. The summed E-state index contributed by atoms with van der Waals surface area (Å²) in [5, 5.41) is 2.61. The van der Waals surface area contributed by atoms with Gasteiger partial charge in [-0.2, -0.15) is 0 Å². The lowest BCUT2D eigenvalue weighted by Gasteiger charge is -2.32. The predicted molar refractivity (Wildman–Crippen MR) is 128 cm³/mol. The van der Waals surface area contributed by atoms with Crippen molar-refractivity contribution in [2.24, 2.45) is 11.7 Å². The Morgan fingerprint density at radius 2 is 1.75 bits per heavy atom. The number of carbonyl (C=O) groups excluding carboxylic acids is 2. The number of aromatic nitrogens is 1. The largest absolute Gasteiger partial charge is 0.369 e. The zero-order chi connectivity index (χ0) is 22.3. The van der Waals surface area contributed by atoms with Crippen LogP contribution >= 0.6 is 11.8 Å². The molecule has 6 nitrogen and oxygen atoms in total. The fourth-order valence-corrected chi connectivity index (χ4v) is 4.85. The minimum atomic E-state index is -0.392. The Morgan fingerprint density at radius 3 is 2.41 bits per heavy atom. The van der Waals surface area contributed by atoms with Crippen LogP contribution in [0.5, 0.6) is 0 Å². The molecular formula is C25H26N4O2S. The van der Waals surface area contributed by atoms with Crippen molar-refractivity contribution < 1.29 is 9.59 Å². The van der Waals surface area contributed by atoms with Gasteiger partial charge in [0, 0.05) is 18.0 Å². The van der Waals surface area contributed by atoms with Crippen LogP contribution in [0.1, 0.15) is 23.7 Å². The maximum absolute atomic E-state index is 13.2. The van der Waals surface area contributed by atoms with E-state index >= 15 is 0 Å². The number of carbonyl (C=O) groups is 2. The first-order chi connectivity index (χ1) is 15.6. The lowest BCUT2D eigenvalue weighted by atomic mass is 9.97. The second-order valence-corrected chi connectivity index (χ2v) is 8.98. The zero-order valence-electron chi connectivity index (χ0n) is 17.7. The number of nitrogens with two attached hydrogens (primary N) is 1. The number of nitrogens with one attached hydrogen (secondary N) is 1. The second kappa shape index (κ2) is 10.3. The van der Waals surface area contributed by atoms with Gasteiger partial charge in [-0.05, 0) is 42.7 Å². The molecule has 2 amide bonds. The molecular weight excluding hydrogens is 420 g/mol. The lowest BCUT2D eigenvalue weighted by Crippen LogP contribution is -2.41. The molecule has 0 bridgehead atoms. The van der Waals surface area contributed by atoms with E-state index in [0.717, 1.165) is 35.7 Å². The van der Waals surface area contributed by atoms with Gasteiger partial charge in [0.05, 0.1) is 17.8 Å². The molecule has 0 aliphatic carbocycles. The maximum atomic E-state index is 13.2. The van der Waals surface area contributed by atoms with Gasteiger partial charge in [-0.25, -0.2) is 4.98 Å². The monoisotopic (exact) mass is 446 g/mol. The lowest BCUT2D eigenvalue weighted by molar-refractivity contribution is -0.122. The van der Waals surface area contributed by atoms with Crippen LogP contribution in [0.4, 0.5) is 11.5 Å². The molecule has 2 atom stereocenters. The Labute approximate surface area is 192 Å². The molecule has 7 heteroatoms. The fraction of sp³-hybridized carbons (Fsp3) is 0.240. The van der Waals surface area contributed by atoms with Gasteiger partial charge in [-0.15, -0.1) is 11.8 Å². The number of thioether (sulfide) groups is 1. The number of piperidine rings is 1. The van der Waals surface area contributed by atoms with E-state index < -0.39 is 5.25 Å². The van der Waals surface area contributed by atoms with Crippen molar-refractivity contribution in [2.75, 3.05) is 23.3 Å². The van der Waals surface area contributed by atoms with E-state index in [4.69, 9.17) is 5.73 Å². The molecule has 32 heavy (non-hydrogen) atoms. The summed E-state index contributed by atoms with van der Waals surface area (Å²) in [4.78, 5) is 32.4. The number of anilines is 2. The number of nitrogens with zero attached hydrogens (tertiary/aromatic N) is 2. The molecule has 0 saturated carbocycles. The maximum Gasteiger partial charge on any atom is 0.242 e. The van der Waals surface area contributed by atoms with Crippen LogP contribution in [0, 0.1) is 5.92 Å². The molecule has 0 radical (unpaired) electrons. The first-order valence-electron chi connectivity index (χ1n) is 10.7. The molecule has 1 saturated heterocycles. The van der Waals surface area contributed by atoms with E-state index in [2.05, 4.69) is 15.2 Å². The summed E-state index contributed by atoms with van der Waals surface area (Å²) < 4.78 is 0. The molecule has 0 spiro atoms. The number of benzene rings is 2. The molecule has 2 aromatic carbocycles. The second-order valence-electron chi connectivity index (χ2n) is 7.80. The summed E-state index contributed by atoms with van der Waals surface area (Å²) in [6.07, 6.45) is 3.39. The highest BCUT2D eigenvalue weighted by atomic mass is 32.2. The van der Waals surface area contributed by atoms with E-state index in [1.165, 1.54) is 11.8 Å². The van der Waals surface area contributed by atoms with Gasteiger partial charge in [0.1, 0.15) is 11.1 Å². The van der Waals surface area contributed by atoms with Gasteiger partial charge in [0.15, 0.2) is 0 Å². The number of pyridine rings is 1. The van der Waals surface area contributed by atoms with Crippen LogP contribution in [0.3, 0.4) is 0 Å². The van der Waals surface area contributed by atoms with Crippen LogP contribution in [0.2, 0.25) is 0 Å². The average molecular weight is 447 g/mol. The standard InChI is InChI=1S/C25H26N4O2S/c26-24(30)19-10-7-15-29(17-19)22-14-13-20(16-27-22)28-25(31)23(18-8-3-1-4-9-18)32-21-11-5-2-6-12-21/h1-6,8-9,11-14,16,19,23H,7,10,15,17H2,(H2,26,30)(H,28,31). The topological polar surface area (TPSA) is 88.3 Å². The Morgan fingerprint density at radius 1 is 1.03 bits per heavy atom. The highest BCUT2D eigenvalue weighted by molar-refractivity contribution is 8.00. The number of hydrogen-bond donors (Lipinski definition) is 2. The summed E-state index contributed by atoms with van der Waals surface area (Å²) in [5.74, 6) is 0.270. The molecule has 2 heterocycles. The molecule has 4 rings (SSSR count). The van der Waals surface area contributed by atoms with Gasteiger partial charge in [-0.1, -0.05) is 48.5 Å². The molecule has 1 fully saturated rings. The molecule has 164 valence electrons. The van der Waals surface area contributed by atoms with Gasteiger partial charge in [0.2, 0.25) is 11.8 Å². The van der Waals surface area contributed by atoms with Crippen LogP contribution in [0.25, 0.3) is 0 Å². The van der Waals surface area contributed by atoms with Crippen LogP contribution in [-0.4, -0.2) is 29.9 Å². The van der Waals surface area contributed by atoms with Crippen LogP contribution in [0.15, 0.2) is 83.9 Å². The summed E-state index contributed by atoms with van der Waals surface area (Å²) in [6, 6.07) is 23.4. The Balaban J connectivity index is 1.46. The van der Waals surface area contributed by atoms with E-state index in [1.54, 1.807) is 6.20 Å². The first-order valence-corrected chi connectivity index (χ1v) is 11.6. The SMILES string of the molecule is NC(=O)C1CCCN(c2ccc(NC(=O)C(Sc3ccccc3)c3ccccc3)cn2)C1. The van der Waals surface area contributed by atoms with Crippen molar-refractivity contribution in [1.29, 1.82) is 0 Å².